The van der Waals surface area contributed by atoms with Crippen molar-refractivity contribution in [2.75, 3.05) is 6.54 Å². The van der Waals surface area contributed by atoms with E-state index in [-0.39, 0.29) is 11.8 Å². The van der Waals surface area contributed by atoms with Crippen molar-refractivity contribution in [2.45, 2.75) is 32.1 Å². The zero-order valence-corrected chi connectivity index (χ0v) is 7.58. The Morgan fingerprint density at radius 1 is 1.08 bits per heavy atom. The van der Waals surface area contributed by atoms with Crippen molar-refractivity contribution in [1.29, 1.82) is 0 Å². The Morgan fingerprint density at radius 3 is 2.15 bits per heavy atom. The maximum atomic E-state index is 11.2. The third-order valence-electron chi connectivity index (χ3n) is 2.71. The van der Waals surface area contributed by atoms with Gasteiger partial charge in [0.2, 0.25) is 11.8 Å². The summed E-state index contributed by atoms with van der Waals surface area (Å²) in [6, 6.07) is 0. The van der Waals surface area contributed by atoms with Gasteiger partial charge < -0.3 is 0 Å². The van der Waals surface area contributed by atoms with Crippen molar-refractivity contribution in [3.8, 4) is 0 Å². The van der Waals surface area contributed by atoms with Crippen LogP contribution in [-0.4, -0.2) is 23.3 Å². The number of nitrogens with zero attached hydrogens (tertiary/aromatic N) is 1. The zero-order valence-electron chi connectivity index (χ0n) is 7.58. The third-order valence-corrected chi connectivity index (χ3v) is 2.71. The van der Waals surface area contributed by atoms with Gasteiger partial charge in [-0.1, -0.05) is 11.6 Å². The van der Waals surface area contributed by atoms with Gasteiger partial charge in [-0.2, -0.15) is 0 Å². The van der Waals surface area contributed by atoms with Crippen LogP contribution in [0.3, 0.4) is 0 Å². The molecule has 1 saturated heterocycles. The lowest BCUT2D eigenvalue weighted by Gasteiger charge is -2.18. The van der Waals surface area contributed by atoms with E-state index in [0.29, 0.717) is 19.4 Å². The van der Waals surface area contributed by atoms with Crippen molar-refractivity contribution in [3.63, 3.8) is 0 Å². The van der Waals surface area contributed by atoms with Crippen LogP contribution in [0.2, 0.25) is 0 Å². The van der Waals surface area contributed by atoms with Gasteiger partial charge in [-0.15, -0.1) is 0 Å². The Balaban J connectivity index is 1.92. The van der Waals surface area contributed by atoms with Crippen LogP contribution in [-0.2, 0) is 9.59 Å². The molecule has 0 aromatic heterocycles. The highest BCUT2D eigenvalue weighted by molar-refractivity contribution is 6.02. The van der Waals surface area contributed by atoms with E-state index in [2.05, 4.69) is 0 Å². The van der Waals surface area contributed by atoms with Crippen LogP contribution >= 0.6 is 0 Å². The topological polar surface area (TPSA) is 37.4 Å². The van der Waals surface area contributed by atoms with Gasteiger partial charge in [0.25, 0.3) is 0 Å². The summed E-state index contributed by atoms with van der Waals surface area (Å²) in [4.78, 5) is 23.7. The number of amides is 2. The molecule has 1 heterocycles. The first-order valence-corrected chi connectivity index (χ1v) is 4.78. The Morgan fingerprint density at radius 2 is 1.69 bits per heavy atom. The molecular formula is C10H13NO2. The van der Waals surface area contributed by atoms with Crippen molar-refractivity contribution in [1.82, 2.24) is 4.90 Å². The molecule has 0 radical (unpaired) electrons. The fourth-order valence-corrected chi connectivity index (χ4v) is 1.63. The molecule has 0 bridgehead atoms. The first kappa shape index (κ1) is 8.48. The number of hydrogen-bond donors (Lipinski definition) is 0. The summed E-state index contributed by atoms with van der Waals surface area (Å²) in [7, 11) is 0. The van der Waals surface area contributed by atoms with Gasteiger partial charge in [-0.25, -0.2) is 0 Å². The van der Waals surface area contributed by atoms with Crippen molar-refractivity contribution < 1.29 is 9.59 Å². The predicted octanol–water partition coefficient (Wildman–Crippen LogP) is 1.25. The van der Waals surface area contributed by atoms with Gasteiger partial charge in [-0.05, 0) is 19.3 Å². The minimum atomic E-state index is -0.0128. The van der Waals surface area contributed by atoms with E-state index in [9.17, 15) is 9.59 Å². The molecule has 0 unspecified atom stereocenters. The quantitative estimate of drug-likeness (QED) is 0.472. The molecule has 0 atom stereocenters. The second-order valence-electron chi connectivity index (χ2n) is 3.61. The van der Waals surface area contributed by atoms with Gasteiger partial charge >= 0.3 is 0 Å². The molecular weight excluding hydrogens is 166 g/mol. The lowest BCUT2D eigenvalue weighted by molar-refractivity contribution is -0.137. The summed E-state index contributed by atoms with van der Waals surface area (Å²) in [6.07, 6.45) is 6.40. The van der Waals surface area contributed by atoms with E-state index in [1.807, 2.05) is 6.08 Å². The zero-order chi connectivity index (χ0) is 9.26. The minimum Gasteiger partial charge on any atom is -0.279 e. The molecule has 0 aromatic rings. The molecule has 2 amide bonds. The number of likely N-dealkylation sites (tertiary alicyclic amines) is 1. The monoisotopic (exact) mass is 179 g/mol. The molecule has 2 aliphatic rings. The van der Waals surface area contributed by atoms with Gasteiger partial charge in [0.15, 0.2) is 0 Å². The molecule has 1 aliphatic carbocycles. The highest BCUT2D eigenvalue weighted by Crippen LogP contribution is 2.25. The standard InChI is InChI=1S/C10H13NO2/c12-9-4-5-10(13)11(9)7-6-8-2-1-3-8/h6H,1-5,7H2. The van der Waals surface area contributed by atoms with Gasteiger partial charge in [0.05, 0.1) is 0 Å². The van der Waals surface area contributed by atoms with E-state index >= 15 is 0 Å². The lowest BCUT2D eigenvalue weighted by atomic mass is 9.92. The Labute approximate surface area is 77.4 Å². The third kappa shape index (κ3) is 1.64. The molecule has 2 fully saturated rings. The van der Waals surface area contributed by atoms with Crippen LogP contribution in [0.4, 0.5) is 0 Å². The maximum Gasteiger partial charge on any atom is 0.229 e. The molecule has 0 spiro atoms. The molecule has 1 aliphatic heterocycles. The largest absolute Gasteiger partial charge is 0.279 e. The van der Waals surface area contributed by atoms with Crippen LogP contribution in [0.15, 0.2) is 11.6 Å². The summed E-state index contributed by atoms with van der Waals surface area (Å²) < 4.78 is 0. The van der Waals surface area contributed by atoms with Gasteiger partial charge in [-0.3, -0.25) is 14.5 Å². The fourth-order valence-electron chi connectivity index (χ4n) is 1.63. The van der Waals surface area contributed by atoms with E-state index in [4.69, 9.17) is 0 Å². The molecule has 0 N–H and O–H groups in total. The molecule has 3 heteroatoms. The average Bonchev–Trinajstić information content (AvgIpc) is 2.32. The summed E-state index contributed by atoms with van der Waals surface area (Å²) in [5.74, 6) is -0.0256. The van der Waals surface area contributed by atoms with Gasteiger partial charge in [0, 0.05) is 19.4 Å². The molecule has 3 nitrogen and oxygen atoms in total. The van der Waals surface area contributed by atoms with Gasteiger partial charge in [0.1, 0.15) is 0 Å². The first-order chi connectivity index (χ1) is 6.27. The summed E-state index contributed by atoms with van der Waals surface area (Å²) >= 11 is 0. The predicted molar refractivity (Wildman–Crippen MR) is 47.9 cm³/mol. The SMILES string of the molecule is O=C1CCC(=O)N1CC=C1CCC1. The van der Waals surface area contributed by atoms with Crippen LogP contribution in [0.5, 0.6) is 0 Å². The number of carbonyl (C=O) groups is 2. The van der Waals surface area contributed by atoms with E-state index in [1.54, 1.807) is 0 Å². The Kier molecular flexibility index (Phi) is 2.17. The van der Waals surface area contributed by atoms with E-state index in [1.165, 1.54) is 16.9 Å². The average molecular weight is 179 g/mol. The molecule has 2 rings (SSSR count). The van der Waals surface area contributed by atoms with Crippen LogP contribution < -0.4 is 0 Å². The Bertz CT molecular complexity index is 259. The molecule has 0 aromatic carbocycles. The second kappa shape index (κ2) is 3.32. The van der Waals surface area contributed by atoms with Crippen molar-refractivity contribution in [2.24, 2.45) is 0 Å². The smallest absolute Gasteiger partial charge is 0.229 e. The Hall–Kier alpha value is -1.12. The minimum absolute atomic E-state index is 0.0128. The number of allylic oxidation sites excluding steroid dienone is 1. The highest BCUT2D eigenvalue weighted by Gasteiger charge is 2.27. The highest BCUT2D eigenvalue weighted by atomic mass is 16.2. The first-order valence-electron chi connectivity index (χ1n) is 4.78. The number of carbonyl (C=O) groups excluding carboxylic acids is 2. The number of rotatable bonds is 2. The van der Waals surface area contributed by atoms with Crippen LogP contribution in [0, 0.1) is 0 Å². The number of imide groups is 1. The summed E-state index contributed by atoms with van der Waals surface area (Å²) in [6.45, 7) is 0.507. The molecule has 70 valence electrons. The number of hydrogen-bond acceptors (Lipinski definition) is 2. The van der Waals surface area contributed by atoms with Crippen LogP contribution in [0.1, 0.15) is 32.1 Å². The van der Waals surface area contributed by atoms with E-state index < -0.39 is 0 Å². The van der Waals surface area contributed by atoms with Crippen molar-refractivity contribution >= 4 is 11.8 Å². The van der Waals surface area contributed by atoms with Crippen molar-refractivity contribution in [3.05, 3.63) is 11.6 Å². The van der Waals surface area contributed by atoms with Crippen LogP contribution in [0.25, 0.3) is 0 Å². The fraction of sp³-hybridized carbons (Fsp3) is 0.600. The second-order valence-corrected chi connectivity index (χ2v) is 3.61. The van der Waals surface area contributed by atoms with E-state index in [0.717, 1.165) is 12.8 Å². The maximum absolute atomic E-state index is 11.2. The normalized spacial score (nSPS) is 22.2. The summed E-state index contributed by atoms with van der Waals surface area (Å²) in [5.41, 5.74) is 1.40. The summed E-state index contributed by atoms with van der Waals surface area (Å²) in [5, 5.41) is 0. The lowest BCUT2D eigenvalue weighted by Crippen LogP contribution is -2.29. The molecule has 1 saturated carbocycles. The molecule has 13 heavy (non-hydrogen) atoms.